The summed E-state index contributed by atoms with van der Waals surface area (Å²) < 4.78 is 5.25. The van der Waals surface area contributed by atoms with E-state index in [0.717, 1.165) is 12.0 Å². The molecule has 1 unspecified atom stereocenters. The van der Waals surface area contributed by atoms with E-state index in [1.807, 2.05) is 6.92 Å². The minimum absolute atomic E-state index is 0.252. The second kappa shape index (κ2) is 2.87. The molecule has 2 aliphatic rings. The van der Waals surface area contributed by atoms with Gasteiger partial charge < -0.3 is 4.74 Å². The minimum atomic E-state index is -0.315. The van der Waals surface area contributed by atoms with Crippen LogP contribution in [-0.2, 0) is 4.74 Å². The number of hydrogen-bond acceptors (Lipinski definition) is 3. The van der Waals surface area contributed by atoms with Gasteiger partial charge in [0.05, 0.1) is 11.5 Å². The zero-order valence-electron chi connectivity index (χ0n) is 7.45. The van der Waals surface area contributed by atoms with E-state index in [0.29, 0.717) is 18.8 Å². The Bertz CT molecular complexity index is 317. The van der Waals surface area contributed by atoms with E-state index in [9.17, 15) is 10.1 Å². The number of hydrogen-bond donors (Lipinski definition) is 0. The van der Waals surface area contributed by atoms with Crippen LogP contribution in [0.25, 0.3) is 0 Å². The molecule has 0 aromatic rings. The molecule has 1 aliphatic carbocycles. The van der Waals surface area contributed by atoms with Gasteiger partial charge in [0, 0.05) is 18.4 Å². The molecule has 0 N–H and O–H groups in total. The van der Waals surface area contributed by atoms with E-state index < -0.39 is 0 Å². The smallest absolute Gasteiger partial charge is 0.288 e. The van der Waals surface area contributed by atoms with Crippen molar-refractivity contribution >= 4 is 0 Å². The lowest BCUT2D eigenvalue weighted by molar-refractivity contribution is -0.431. The lowest BCUT2D eigenvalue weighted by atomic mass is 9.94. The fraction of sp³-hybridized carbons (Fsp3) is 0.556. The number of fused-ring (bicyclic) bond motifs is 1. The van der Waals surface area contributed by atoms with Crippen molar-refractivity contribution in [3.8, 4) is 0 Å². The second-order valence-electron chi connectivity index (χ2n) is 3.50. The Morgan fingerprint density at radius 2 is 2.46 bits per heavy atom. The highest BCUT2D eigenvalue weighted by Crippen LogP contribution is 2.35. The summed E-state index contributed by atoms with van der Waals surface area (Å²) in [6.45, 7) is 2.58. The molecule has 4 heteroatoms. The molecule has 0 radical (unpaired) electrons. The summed E-state index contributed by atoms with van der Waals surface area (Å²) in [6.07, 6.45) is 3.39. The number of ether oxygens (including phenoxy) is 1. The van der Waals surface area contributed by atoms with Crippen LogP contribution in [-0.4, -0.2) is 11.5 Å². The Morgan fingerprint density at radius 1 is 1.69 bits per heavy atom. The van der Waals surface area contributed by atoms with Gasteiger partial charge in [0.15, 0.2) is 5.76 Å². The fourth-order valence-electron chi connectivity index (χ4n) is 1.85. The van der Waals surface area contributed by atoms with E-state index in [-0.39, 0.29) is 16.5 Å². The molecule has 0 amide bonds. The molecule has 0 aromatic heterocycles. The molecule has 0 bridgehead atoms. The van der Waals surface area contributed by atoms with Crippen LogP contribution in [0.3, 0.4) is 0 Å². The minimum Gasteiger partial charge on any atom is -0.487 e. The molecule has 1 saturated heterocycles. The average Bonchev–Trinajstić information content (AvgIpc) is 2.49. The Kier molecular flexibility index (Phi) is 1.83. The summed E-state index contributed by atoms with van der Waals surface area (Å²) in [4.78, 5) is 10.4. The summed E-state index contributed by atoms with van der Waals surface area (Å²) in [5.74, 6) is 0.795. The molecule has 0 aromatic carbocycles. The molecular weight excluding hydrogens is 170 g/mol. The van der Waals surface area contributed by atoms with Crippen molar-refractivity contribution in [2.75, 3.05) is 6.61 Å². The van der Waals surface area contributed by atoms with E-state index >= 15 is 0 Å². The number of rotatable bonds is 1. The number of nitrogens with zero attached hydrogens (tertiary/aromatic N) is 1. The number of allylic oxidation sites excluding steroid dienone is 3. The largest absolute Gasteiger partial charge is 0.487 e. The zero-order valence-corrected chi connectivity index (χ0v) is 7.45. The maximum atomic E-state index is 10.7. The molecule has 1 atom stereocenters. The van der Waals surface area contributed by atoms with Crippen LogP contribution in [0, 0.1) is 16.0 Å². The zero-order chi connectivity index (χ0) is 9.42. The van der Waals surface area contributed by atoms with Gasteiger partial charge in [-0.1, -0.05) is 13.0 Å². The molecule has 70 valence electrons. The molecule has 1 aliphatic heterocycles. The normalized spacial score (nSPS) is 26.5. The van der Waals surface area contributed by atoms with Crippen molar-refractivity contribution in [2.45, 2.75) is 19.8 Å². The Balaban J connectivity index is 2.42. The first kappa shape index (κ1) is 8.29. The predicted molar refractivity (Wildman–Crippen MR) is 46.5 cm³/mol. The third-order valence-electron chi connectivity index (χ3n) is 2.39. The first-order valence-electron chi connectivity index (χ1n) is 4.40. The Morgan fingerprint density at radius 3 is 3.15 bits per heavy atom. The molecule has 13 heavy (non-hydrogen) atoms. The molecule has 0 saturated carbocycles. The van der Waals surface area contributed by atoms with E-state index in [1.54, 1.807) is 0 Å². The third-order valence-corrected chi connectivity index (χ3v) is 2.39. The van der Waals surface area contributed by atoms with Crippen LogP contribution in [0.15, 0.2) is 23.1 Å². The standard InChI is InChI=1S/C9H11NO3/c1-6-4-7-2-3-13-9(7)8(5-6)10(11)12/h4,6H,2-3,5H2,1H3. The van der Waals surface area contributed by atoms with Gasteiger partial charge in [-0.3, -0.25) is 10.1 Å². The molecule has 4 nitrogen and oxygen atoms in total. The summed E-state index contributed by atoms with van der Waals surface area (Å²) in [5.41, 5.74) is 1.27. The fourth-order valence-corrected chi connectivity index (χ4v) is 1.85. The predicted octanol–water partition coefficient (Wildman–Crippen LogP) is 1.86. The molecular formula is C9H11NO3. The highest BCUT2D eigenvalue weighted by molar-refractivity contribution is 5.35. The monoisotopic (exact) mass is 181 g/mol. The molecule has 1 heterocycles. The maximum absolute atomic E-state index is 10.7. The van der Waals surface area contributed by atoms with Gasteiger partial charge in [-0.15, -0.1) is 0 Å². The summed E-state index contributed by atoms with van der Waals surface area (Å²) >= 11 is 0. The van der Waals surface area contributed by atoms with Crippen LogP contribution < -0.4 is 0 Å². The van der Waals surface area contributed by atoms with E-state index in [4.69, 9.17) is 4.74 Å². The van der Waals surface area contributed by atoms with Crippen LogP contribution >= 0.6 is 0 Å². The van der Waals surface area contributed by atoms with Crippen molar-refractivity contribution in [2.24, 2.45) is 5.92 Å². The van der Waals surface area contributed by atoms with Gasteiger partial charge in [-0.25, -0.2) is 0 Å². The lowest BCUT2D eigenvalue weighted by Crippen LogP contribution is -2.11. The first-order chi connectivity index (χ1) is 6.18. The summed E-state index contributed by atoms with van der Waals surface area (Å²) in [5, 5.41) is 10.7. The van der Waals surface area contributed by atoms with Crippen molar-refractivity contribution in [1.82, 2.24) is 0 Å². The summed E-state index contributed by atoms with van der Waals surface area (Å²) in [6, 6.07) is 0. The second-order valence-corrected chi connectivity index (χ2v) is 3.50. The summed E-state index contributed by atoms with van der Waals surface area (Å²) in [7, 11) is 0. The Labute approximate surface area is 76.0 Å². The van der Waals surface area contributed by atoms with Gasteiger partial charge in [0.25, 0.3) is 5.70 Å². The van der Waals surface area contributed by atoms with Gasteiger partial charge >= 0.3 is 0 Å². The van der Waals surface area contributed by atoms with Crippen molar-refractivity contribution in [3.05, 3.63) is 33.2 Å². The quantitative estimate of drug-likeness (QED) is 0.458. The highest BCUT2D eigenvalue weighted by Gasteiger charge is 2.32. The van der Waals surface area contributed by atoms with Crippen LogP contribution in [0.2, 0.25) is 0 Å². The van der Waals surface area contributed by atoms with Crippen molar-refractivity contribution in [1.29, 1.82) is 0 Å². The molecule has 0 spiro atoms. The van der Waals surface area contributed by atoms with Gasteiger partial charge in [-0.05, 0) is 5.92 Å². The van der Waals surface area contributed by atoms with Crippen molar-refractivity contribution in [3.63, 3.8) is 0 Å². The maximum Gasteiger partial charge on any atom is 0.288 e. The van der Waals surface area contributed by atoms with E-state index in [2.05, 4.69) is 6.08 Å². The number of nitro groups is 1. The van der Waals surface area contributed by atoms with Crippen LogP contribution in [0.5, 0.6) is 0 Å². The van der Waals surface area contributed by atoms with Gasteiger partial charge in [0.2, 0.25) is 0 Å². The third kappa shape index (κ3) is 1.32. The SMILES string of the molecule is CC1C=C2CCOC2=C([N+](=O)[O-])C1. The molecule has 1 fully saturated rings. The van der Waals surface area contributed by atoms with Crippen LogP contribution in [0.4, 0.5) is 0 Å². The van der Waals surface area contributed by atoms with Crippen LogP contribution in [0.1, 0.15) is 19.8 Å². The van der Waals surface area contributed by atoms with E-state index in [1.165, 1.54) is 0 Å². The van der Waals surface area contributed by atoms with Crippen molar-refractivity contribution < 1.29 is 9.66 Å². The molecule has 2 rings (SSSR count). The van der Waals surface area contributed by atoms with Gasteiger partial charge in [0.1, 0.15) is 0 Å². The van der Waals surface area contributed by atoms with Gasteiger partial charge in [-0.2, -0.15) is 0 Å². The first-order valence-corrected chi connectivity index (χ1v) is 4.40. The average molecular weight is 181 g/mol. The lowest BCUT2D eigenvalue weighted by Gasteiger charge is -2.13. The topological polar surface area (TPSA) is 52.4 Å². The highest BCUT2D eigenvalue weighted by atomic mass is 16.6. The Hall–Kier alpha value is -1.32.